The van der Waals surface area contributed by atoms with Crippen LogP contribution in [0.15, 0.2) is 30.9 Å². The van der Waals surface area contributed by atoms with E-state index < -0.39 is 0 Å². The normalized spacial score (nSPS) is 12.5. The SMILES string of the molecule is C=CC[C@H](N)c1cccc(C)c1N. The molecule has 2 nitrogen and oxygen atoms in total. The maximum atomic E-state index is 5.92. The predicted molar refractivity (Wildman–Crippen MR) is 57.3 cm³/mol. The zero-order valence-electron chi connectivity index (χ0n) is 7.96. The van der Waals surface area contributed by atoms with E-state index in [2.05, 4.69) is 6.58 Å². The molecule has 0 aliphatic heterocycles. The van der Waals surface area contributed by atoms with Crippen LogP contribution in [-0.2, 0) is 0 Å². The highest BCUT2D eigenvalue weighted by Crippen LogP contribution is 2.23. The molecule has 0 amide bonds. The average molecular weight is 176 g/mol. The van der Waals surface area contributed by atoms with E-state index in [-0.39, 0.29) is 6.04 Å². The van der Waals surface area contributed by atoms with Crippen LogP contribution in [0.4, 0.5) is 5.69 Å². The van der Waals surface area contributed by atoms with Crippen LogP contribution in [0.3, 0.4) is 0 Å². The third-order valence-electron chi connectivity index (χ3n) is 2.18. The molecule has 0 aliphatic rings. The van der Waals surface area contributed by atoms with Crippen molar-refractivity contribution in [3.63, 3.8) is 0 Å². The molecule has 1 atom stereocenters. The third kappa shape index (κ3) is 2.10. The molecule has 0 heterocycles. The van der Waals surface area contributed by atoms with Gasteiger partial charge in [-0.3, -0.25) is 0 Å². The molecule has 0 unspecified atom stereocenters. The minimum atomic E-state index is -0.0302. The quantitative estimate of drug-likeness (QED) is 0.547. The second-order valence-corrected chi connectivity index (χ2v) is 3.21. The molecule has 4 N–H and O–H groups in total. The third-order valence-corrected chi connectivity index (χ3v) is 2.18. The van der Waals surface area contributed by atoms with Gasteiger partial charge < -0.3 is 11.5 Å². The summed E-state index contributed by atoms with van der Waals surface area (Å²) in [6.07, 6.45) is 2.57. The summed E-state index contributed by atoms with van der Waals surface area (Å²) in [4.78, 5) is 0. The Morgan fingerprint density at radius 1 is 1.54 bits per heavy atom. The zero-order chi connectivity index (χ0) is 9.84. The van der Waals surface area contributed by atoms with Crippen molar-refractivity contribution in [2.75, 3.05) is 5.73 Å². The summed E-state index contributed by atoms with van der Waals surface area (Å²) >= 11 is 0. The van der Waals surface area contributed by atoms with Crippen molar-refractivity contribution in [3.05, 3.63) is 42.0 Å². The van der Waals surface area contributed by atoms with Gasteiger partial charge in [0.25, 0.3) is 0 Å². The lowest BCUT2D eigenvalue weighted by atomic mass is 10.00. The van der Waals surface area contributed by atoms with Gasteiger partial charge in [0.2, 0.25) is 0 Å². The fourth-order valence-corrected chi connectivity index (χ4v) is 1.33. The van der Waals surface area contributed by atoms with Crippen molar-refractivity contribution in [1.29, 1.82) is 0 Å². The van der Waals surface area contributed by atoms with Crippen LogP contribution in [0, 0.1) is 6.92 Å². The van der Waals surface area contributed by atoms with Gasteiger partial charge in [-0.25, -0.2) is 0 Å². The summed E-state index contributed by atoms with van der Waals surface area (Å²) in [6.45, 7) is 5.64. The van der Waals surface area contributed by atoms with Gasteiger partial charge in [0.05, 0.1) is 0 Å². The lowest BCUT2D eigenvalue weighted by molar-refractivity contribution is 0.743. The Labute approximate surface area is 79.2 Å². The fourth-order valence-electron chi connectivity index (χ4n) is 1.33. The second kappa shape index (κ2) is 4.10. The van der Waals surface area contributed by atoms with Gasteiger partial charge >= 0.3 is 0 Å². The molecule has 0 bridgehead atoms. The largest absolute Gasteiger partial charge is 0.398 e. The highest BCUT2D eigenvalue weighted by molar-refractivity contribution is 5.54. The highest BCUT2D eigenvalue weighted by Gasteiger charge is 2.08. The number of nitrogens with two attached hydrogens (primary N) is 2. The van der Waals surface area contributed by atoms with Crippen LogP contribution in [0.1, 0.15) is 23.6 Å². The first-order chi connectivity index (χ1) is 6.16. The van der Waals surface area contributed by atoms with Crippen molar-refractivity contribution in [1.82, 2.24) is 0 Å². The van der Waals surface area contributed by atoms with Crippen LogP contribution >= 0.6 is 0 Å². The van der Waals surface area contributed by atoms with Gasteiger partial charge in [-0.1, -0.05) is 24.3 Å². The molecule has 70 valence electrons. The minimum Gasteiger partial charge on any atom is -0.398 e. The van der Waals surface area contributed by atoms with Crippen LogP contribution in [0.2, 0.25) is 0 Å². The zero-order valence-corrected chi connectivity index (χ0v) is 7.96. The smallest absolute Gasteiger partial charge is 0.0392 e. The van der Waals surface area contributed by atoms with Crippen molar-refractivity contribution in [2.45, 2.75) is 19.4 Å². The lowest BCUT2D eigenvalue weighted by Gasteiger charge is -2.13. The van der Waals surface area contributed by atoms with E-state index in [0.717, 1.165) is 23.2 Å². The van der Waals surface area contributed by atoms with Crippen molar-refractivity contribution >= 4 is 5.69 Å². The first-order valence-electron chi connectivity index (χ1n) is 4.38. The molecule has 0 aliphatic carbocycles. The van der Waals surface area contributed by atoms with Crippen LogP contribution in [-0.4, -0.2) is 0 Å². The Morgan fingerprint density at radius 3 is 2.85 bits per heavy atom. The molecule has 0 saturated carbocycles. The summed E-state index contributed by atoms with van der Waals surface area (Å²) in [7, 11) is 0. The maximum Gasteiger partial charge on any atom is 0.0392 e. The molecule has 0 aromatic heterocycles. The molecule has 13 heavy (non-hydrogen) atoms. The summed E-state index contributed by atoms with van der Waals surface area (Å²) < 4.78 is 0. The molecular formula is C11H16N2. The Bertz CT molecular complexity index is 305. The molecule has 2 heteroatoms. The van der Waals surface area contributed by atoms with E-state index in [4.69, 9.17) is 11.5 Å². The van der Waals surface area contributed by atoms with Crippen molar-refractivity contribution in [3.8, 4) is 0 Å². The van der Waals surface area contributed by atoms with Crippen molar-refractivity contribution < 1.29 is 0 Å². The number of aryl methyl sites for hydroxylation is 1. The van der Waals surface area contributed by atoms with Crippen molar-refractivity contribution in [2.24, 2.45) is 5.73 Å². The fraction of sp³-hybridized carbons (Fsp3) is 0.273. The van der Waals surface area contributed by atoms with Crippen LogP contribution in [0.5, 0.6) is 0 Å². The molecule has 1 aromatic rings. The summed E-state index contributed by atoms with van der Waals surface area (Å²) in [5, 5.41) is 0. The Hall–Kier alpha value is -1.28. The standard InChI is InChI=1S/C11H16N2/c1-3-5-10(12)9-7-4-6-8(2)11(9)13/h3-4,6-7,10H,1,5,12-13H2,2H3/t10-/m0/s1. The first kappa shape index (κ1) is 9.81. The van der Waals surface area contributed by atoms with E-state index in [0.29, 0.717) is 0 Å². The van der Waals surface area contributed by atoms with E-state index in [1.165, 1.54) is 0 Å². The predicted octanol–water partition coefficient (Wildman–Crippen LogP) is 2.15. The number of para-hydroxylation sites is 1. The molecule has 0 saturated heterocycles. The lowest BCUT2D eigenvalue weighted by Crippen LogP contribution is -2.12. The topological polar surface area (TPSA) is 52.0 Å². The summed E-state index contributed by atoms with van der Waals surface area (Å²) in [5.41, 5.74) is 14.7. The highest BCUT2D eigenvalue weighted by atomic mass is 14.7. The van der Waals surface area contributed by atoms with Gasteiger partial charge in [0.15, 0.2) is 0 Å². The second-order valence-electron chi connectivity index (χ2n) is 3.21. The van der Waals surface area contributed by atoms with E-state index in [9.17, 15) is 0 Å². The monoisotopic (exact) mass is 176 g/mol. The molecule has 1 aromatic carbocycles. The number of benzene rings is 1. The molecule has 0 fully saturated rings. The van der Waals surface area contributed by atoms with Gasteiger partial charge in [-0.2, -0.15) is 0 Å². The number of hydrogen-bond donors (Lipinski definition) is 2. The van der Waals surface area contributed by atoms with Gasteiger partial charge in [-0.05, 0) is 24.5 Å². The van der Waals surface area contributed by atoms with Crippen LogP contribution in [0.25, 0.3) is 0 Å². The van der Waals surface area contributed by atoms with E-state index in [1.54, 1.807) is 0 Å². The summed E-state index contributed by atoms with van der Waals surface area (Å²) in [5.74, 6) is 0. The van der Waals surface area contributed by atoms with E-state index in [1.807, 2.05) is 31.2 Å². The van der Waals surface area contributed by atoms with Gasteiger partial charge in [-0.15, -0.1) is 6.58 Å². The molecular weight excluding hydrogens is 160 g/mol. The molecule has 0 radical (unpaired) electrons. The number of nitrogen functional groups attached to an aromatic ring is 1. The summed E-state index contributed by atoms with van der Waals surface area (Å²) in [6, 6.07) is 5.90. The Kier molecular flexibility index (Phi) is 3.09. The minimum absolute atomic E-state index is 0.0302. The molecule has 0 spiro atoms. The maximum absolute atomic E-state index is 5.92. The average Bonchev–Trinajstić information content (AvgIpc) is 2.10. The first-order valence-corrected chi connectivity index (χ1v) is 4.38. The van der Waals surface area contributed by atoms with E-state index >= 15 is 0 Å². The number of rotatable bonds is 3. The molecule has 1 rings (SSSR count). The van der Waals surface area contributed by atoms with Gasteiger partial charge in [0.1, 0.15) is 0 Å². The van der Waals surface area contributed by atoms with Crippen LogP contribution < -0.4 is 11.5 Å². The number of hydrogen-bond acceptors (Lipinski definition) is 2. The Balaban J connectivity index is 3.00. The number of anilines is 1. The Morgan fingerprint density at radius 2 is 2.23 bits per heavy atom. The van der Waals surface area contributed by atoms with Gasteiger partial charge in [0, 0.05) is 11.7 Å².